The Bertz CT molecular complexity index is 94.9. The predicted molar refractivity (Wildman–Crippen MR) is 21.3 cm³/mol. The molecule has 0 aromatic carbocycles. The molecule has 0 aromatic rings. The smallest absolute Gasteiger partial charge is 0 e. The van der Waals surface area contributed by atoms with Crippen LogP contribution in [0.3, 0.4) is 0 Å². The Balaban J connectivity index is -0.0000000800. The van der Waals surface area contributed by atoms with Crippen LogP contribution < -0.4 is 0 Å². The molecule has 4 nitrogen and oxygen atoms in total. The van der Waals surface area contributed by atoms with E-state index in [4.69, 9.17) is 17.5 Å². The number of rotatable bonds is 0. The summed E-state index contributed by atoms with van der Waals surface area (Å²) in [6.45, 7) is 0. The second-order valence-corrected chi connectivity index (χ2v) is 1.34. The molecule has 0 saturated heterocycles. The molecule has 0 unspecified atom stereocenters. The molecule has 7 heteroatoms. The molecule has 0 saturated carbocycles. The summed E-state index contributed by atoms with van der Waals surface area (Å²) in [5.41, 5.74) is 0. The van der Waals surface area contributed by atoms with Gasteiger partial charge in [-0.05, 0) is 0 Å². The molecule has 41 valence electrons. The molecule has 0 fully saturated rings. The first-order valence-electron chi connectivity index (χ1n) is 0.698. The average Bonchev–Trinajstić information content (AvgIpc) is 0.722. The normalized spacial score (nSPS) is 8.29. The molecular weight excluding hydrogens is 284 g/mol. The first-order valence-corrected chi connectivity index (χ1v) is 2.10. The van der Waals surface area contributed by atoms with Crippen LogP contribution in [0.1, 0.15) is 0 Å². The Kier molecular flexibility index (Phi) is 15.2. The third-order valence-electron chi connectivity index (χ3n) is 0. The average molecular weight is 287 g/mol. The van der Waals surface area contributed by atoms with Gasteiger partial charge >= 0.3 is 79.3 Å². The Hall–Kier alpha value is 2.44. The molecule has 0 bridgehead atoms. The van der Waals surface area contributed by atoms with Crippen molar-refractivity contribution < 1.29 is 34.6 Å². The van der Waals surface area contributed by atoms with Crippen LogP contribution in [0, 0.1) is 0 Å². The van der Waals surface area contributed by atoms with Gasteiger partial charge in [-0.25, -0.2) is 0 Å². The zero-order chi connectivity index (χ0) is 4.50. The summed E-state index contributed by atoms with van der Waals surface area (Å²) in [5.74, 6) is 0. The third kappa shape index (κ3) is 58.8. The Labute approximate surface area is 111 Å². The van der Waals surface area contributed by atoms with Crippen molar-refractivity contribution in [3.63, 3.8) is 0 Å². The predicted octanol–water partition coefficient (Wildman–Crippen LogP) is -1.30. The fourth-order valence-corrected chi connectivity index (χ4v) is 0. The van der Waals surface area contributed by atoms with E-state index in [9.17, 15) is 0 Å². The van der Waals surface area contributed by atoms with Crippen LogP contribution in [0.4, 0.5) is 0 Å². The van der Waals surface area contributed by atoms with Gasteiger partial charge in [0, 0.05) is 17.1 Å². The van der Waals surface area contributed by atoms with E-state index in [2.05, 4.69) is 0 Å². The largest absolute Gasteiger partial charge is 0 e. The second kappa shape index (κ2) is 6.56. The van der Waals surface area contributed by atoms with Crippen LogP contribution >= 0.6 is 0 Å². The maximum absolute atomic E-state index is 8.74. The third-order valence-corrected chi connectivity index (χ3v) is 0. The summed E-state index contributed by atoms with van der Waals surface area (Å²) in [4.78, 5) is 0. The number of hydrogen-bond acceptors (Lipinski definition) is 2. The quantitative estimate of drug-likeness (QED) is 0.429. The Morgan fingerprint density at radius 1 is 1.14 bits per heavy atom. The van der Waals surface area contributed by atoms with Gasteiger partial charge in [-0.3, -0.25) is 9.11 Å². The number of hydrogen-bond donors (Lipinski definition) is 2. The van der Waals surface area contributed by atoms with E-state index >= 15 is 0 Å². The summed E-state index contributed by atoms with van der Waals surface area (Å²) in [6, 6.07) is 0. The SMILES string of the molecule is O=S(=O)(O)O.[CsH].[Mn]. The van der Waals surface area contributed by atoms with E-state index in [0.717, 1.165) is 0 Å². The first kappa shape index (κ1) is 16.2. The van der Waals surface area contributed by atoms with Crippen LogP contribution in [-0.4, -0.2) is 86.4 Å². The van der Waals surface area contributed by atoms with E-state index in [1.54, 1.807) is 0 Å². The van der Waals surface area contributed by atoms with Crippen LogP contribution in [0.25, 0.3) is 0 Å². The van der Waals surface area contributed by atoms with Crippen LogP contribution in [0.5, 0.6) is 0 Å². The fraction of sp³-hybridized carbons (Fsp3) is 0. The topological polar surface area (TPSA) is 74.6 Å². The van der Waals surface area contributed by atoms with Crippen molar-refractivity contribution in [2.24, 2.45) is 0 Å². The van der Waals surface area contributed by atoms with Gasteiger partial charge in [-0.1, -0.05) is 0 Å². The van der Waals surface area contributed by atoms with Crippen molar-refractivity contribution in [2.75, 3.05) is 0 Å². The first-order chi connectivity index (χ1) is 2.00. The minimum absolute atomic E-state index is 0. The van der Waals surface area contributed by atoms with Crippen molar-refractivity contribution in [1.82, 2.24) is 0 Å². The zero-order valence-electron chi connectivity index (χ0n) is 2.50. The molecule has 0 aliphatic carbocycles. The van der Waals surface area contributed by atoms with Gasteiger partial charge < -0.3 is 0 Å². The molecule has 7 heavy (non-hydrogen) atoms. The van der Waals surface area contributed by atoms with Gasteiger partial charge in [-0.2, -0.15) is 8.42 Å². The van der Waals surface area contributed by atoms with Crippen LogP contribution in [0.2, 0.25) is 0 Å². The summed E-state index contributed by atoms with van der Waals surface area (Å²) in [5, 5.41) is 0. The minimum Gasteiger partial charge on any atom is 0 e. The molecule has 0 atom stereocenters. The van der Waals surface area contributed by atoms with E-state index in [1.807, 2.05) is 0 Å². The van der Waals surface area contributed by atoms with E-state index in [-0.39, 0.29) is 86.0 Å². The van der Waals surface area contributed by atoms with Crippen molar-refractivity contribution in [1.29, 1.82) is 0 Å². The monoisotopic (exact) mass is 287 g/mol. The minimum atomic E-state index is -4.67. The molecule has 0 rings (SSSR count). The van der Waals surface area contributed by atoms with Gasteiger partial charge in [0.05, 0.1) is 0 Å². The van der Waals surface area contributed by atoms with E-state index in [1.165, 1.54) is 0 Å². The van der Waals surface area contributed by atoms with Gasteiger partial charge in [0.2, 0.25) is 0 Å². The zero-order valence-corrected chi connectivity index (χ0v) is 4.49. The van der Waals surface area contributed by atoms with Crippen molar-refractivity contribution in [3.8, 4) is 0 Å². The molecular formula is H3CsMnO4S. The molecule has 0 amide bonds. The van der Waals surface area contributed by atoms with E-state index in [0.29, 0.717) is 0 Å². The van der Waals surface area contributed by atoms with Crippen LogP contribution in [0.15, 0.2) is 0 Å². The molecule has 2 N–H and O–H groups in total. The summed E-state index contributed by atoms with van der Waals surface area (Å²) in [6.07, 6.45) is 0. The maximum atomic E-state index is 8.74. The van der Waals surface area contributed by atoms with Gasteiger partial charge in [0.15, 0.2) is 0 Å². The molecule has 0 aromatic heterocycles. The van der Waals surface area contributed by atoms with Gasteiger partial charge in [-0.15, -0.1) is 0 Å². The van der Waals surface area contributed by atoms with Gasteiger partial charge in [0.1, 0.15) is 0 Å². The maximum Gasteiger partial charge on any atom is 0 e. The van der Waals surface area contributed by atoms with Crippen LogP contribution in [-0.2, 0) is 27.5 Å². The standard InChI is InChI=1S/Cs.Mn.H2O4S.H/c;;1-5(2,3)4;/h;;(H2,1,2,3,4);. The van der Waals surface area contributed by atoms with Crippen molar-refractivity contribution >= 4 is 79.3 Å². The Morgan fingerprint density at radius 2 is 1.14 bits per heavy atom. The van der Waals surface area contributed by atoms with E-state index < -0.39 is 10.4 Å². The molecule has 1 radical (unpaired) electrons. The summed E-state index contributed by atoms with van der Waals surface area (Å²) in [7, 11) is -4.67. The van der Waals surface area contributed by atoms with Crippen molar-refractivity contribution in [2.45, 2.75) is 0 Å². The molecule has 0 heterocycles. The summed E-state index contributed by atoms with van der Waals surface area (Å²) >= 11 is 0. The molecule has 0 aliphatic heterocycles. The second-order valence-electron chi connectivity index (χ2n) is 0.448. The molecule has 0 aliphatic rings. The molecule has 0 spiro atoms. The fourth-order valence-electron chi connectivity index (χ4n) is 0. The summed E-state index contributed by atoms with van der Waals surface area (Å²) < 4.78 is 31.6. The Morgan fingerprint density at radius 3 is 1.14 bits per heavy atom. The van der Waals surface area contributed by atoms with Crippen molar-refractivity contribution in [3.05, 3.63) is 0 Å². The van der Waals surface area contributed by atoms with Gasteiger partial charge in [0.25, 0.3) is 0 Å².